The van der Waals surface area contributed by atoms with Gasteiger partial charge in [-0.1, -0.05) is 0 Å². The van der Waals surface area contributed by atoms with Crippen molar-refractivity contribution in [2.24, 2.45) is 0 Å². The van der Waals surface area contributed by atoms with Crippen molar-refractivity contribution in [1.82, 2.24) is 15.3 Å². The van der Waals surface area contributed by atoms with Crippen LogP contribution in [0.2, 0.25) is 0 Å². The van der Waals surface area contributed by atoms with E-state index in [0.717, 1.165) is 11.3 Å². The van der Waals surface area contributed by atoms with E-state index < -0.39 is 23.7 Å². The number of nitrogen functional groups attached to an aromatic ring is 1. The van der Waals surface area contributed by atoms with Gasteiger partial charge < -0.3 is 16.4 Å². The van der Waals surface area contributed by atoms with Crippen molar-refractivity contribution in [2.75, 3.05) is 11.1 Å². The molecular formula is C17H17F6N5OS. The van der Waals surface area contributed by atoms with E-state index in [1.165, 1.54) is 5.38 Å². The molecule has 2 heterocycles. The monoisotopic (exact) mass is 453 g/mol. The molecule has 0 saturated heterocycles. The van der Waals surface area contributed by atoms with Crippen LogP contribution in [0.3, 0.4) is 0 Å². The lowest BCUT2D eigenvalue weighted by atomic mass is 9.91. The molecule has 0 spiro atoms. The van der Waals surface area contributed by atoms with Crippen LogP contribution in [0.25, 0.3) is 0 Å². The quantitative estimate of drug-likeness (QED) is 0.600. The number of alkyl halides is 6. The van der Waals surface area contributed by atoms with Gasteiger partial charge in [0.15, 0.2) is 5.13 Å². The number of carbonyl (C=O) groups is 1. The maximum atomic E-state index is 12.9. The van der Waals surface area contributed by atoms with Crippen molar-refractivity contribution < 1.29 is 31.1 Å². The number of anilines is 2. The minimum atomic E-state index is -5.00. The highest BCUT2D eigenvalue weighted by Crippen LogP contribution is 2.35. The lowest BCUT2D eigenvalue weighted by Gasteiger charge is -2.30. The van der Waals surface area contributed by atoms with Crippen LogP contribution in [0.5, 0.6) is 0 Å². The maximum Gasteiger partial charge on any atom is 0.433 e. The number of rotatable bonds is 4. The third-order valence-electron chi connectivity index (χ3n) is 4.59. The first-order chi connectivity index (χ1) is 13.9. The molecular weight excluding hydrogens is 436 g/mol. The number of thiazole rings is 1. The van der Waals surface area contributed by atoms with Gasteiger partial charge in [0.05, 0.1) is 0 Å². The molecule has 1 saturated carbocycles. The zero-order valence-corrected chi connectivity index (χ0v) is 16.1. The molecule has 2 aromatic rings. The summed E-state index contributed by atoms with van der Waals surface area (Å²) < 4.78 is 77.5. The Morgan fingerprint density at radius 3 is 1.97 bits per heavy atom. The first kappa shape index (κ1) is 22.1. The zero-order chi connectivity index (χ0) is 22.1. The number of pyridine rings is 1. The Morgan fingerprint density at radius 2 is 1.50 bits per heavy atom. The Kier molecular flexibility index (Phi) is 6.11. The number of hydrogen-bond acceptors (Lipinski definition) is 6. The van der Waals surface area contributed by atoms with Crippen LogP contribution in [0.15, 0.2) is 17.5 Å². The maximum absolute atomic E-state index is 12.9. The third-order valence-corrected chi connectivity index (χ3v) is 5.27. The molecule has 0 radical (unpaired) electrons. The second-order valence-corrected chi connectivity index (χ2v) is 7.75. The summed E-state index contributed by atoms with van der Waals surface area (Å²) in [6.07, 6.45) is -8.08. The number of nitrogens with one attached hydrogen (secondary N) is 2. The minimum Gasteiger partial charge on any atom is -0.382 e. The fourth-order valence-electron chi connectivity index (χ4n) is 3.17. The van der Waals surface area contributed by atoms with Gasteiger partial charge in [0.25, 0.3) is 5.91 Å². The molecule has 1 aliphatic carbocycles. The number of halogens is 6. The van der Waals surface area contributed by atoms with E-state index in [9.17, 15) is 31.1 Å². The van der Waals surface area contributed by atoms with Crippen LogP contribution in [0, 0.1) is 0 Å². The van der Waals surface area contributed by atoms with E-state index in [1.807, 2.05) is 0 Å². The van der Waals surface area contributed by atoms with E-state index in [4.69, 9.17) is 5.73 Å². The summed E-state index contributed by atoms with van der Waals surface area (Å²) in [5.74, 6) is -0.377. The van der Waals surface area contributed by atoms with Crippen molar-refractivity contribution >= 4 is 28.1 Å². The summed E-state index contributed by atoms with van der Waals surface area (Å²) in [5, 5.41) is 7.33. The lowest BCUT2D eigenvalue weighted by molar-refractivity contribution is -0.150. The second kappa shape index (κ2) is 8.28. The predicted octanol–water partition coefficient (Wildman–Crippen LogP) is 4.31. The standard InChI is InChI=1S/C17H17F6N5OS/c18-16(19,20)12-5-10(6-13(28-12)17(21,22)23)25-8-1-3-9(4-2-8)26-14(29)11-7-30-15(24)27-11/h5-9H,1-4H2,(H2,24,27)(H,25,28)(H,26,29)/t8-,9+. The molecule has 2 aromatic heterocycles. The van der Waals surface area contributed by atoms with Crippen LogP contribution < -0.4 is 16.4 Å². The van der Waals surface area contributed by atoms with Gasteiger partial charge in [-0.25, -0.2) is 9.97 Å². The Balaban J connectivity index is 1.62. The van der Waals surface area contributed by atoms with E-state index in [-0.39, 0.29) is 34.5 Å². The molecule has 1 amide bonds. The largest absolute Gasteiger partial charge is 0.433 e. The molecule has 6 nitrogen and oxygen atoms in total. The zero-order valence-electron chi connectivity index (χ0n) is 15.3. The highest BCUT2D eigenvalue weighted by molar-refractivity contribution is 7.13. The molecule has 0 aromatic carbocycles. The van der Waals surface area contributed by atoms with Gasteiger partial charge in [0.1, 0.15) is 17.1 Å². The predicted molar refractivity (Wildman–Crippen MR) is 97.9 cm³/mol. The van der Waals surface area contributed by atoms with Crippen molar-refractivity contribution in [1.29, 1.82) is 0 Å². The molecule has 0 atom stereocenters. The molecule has 3 rings (SSSR count). The van der Waals surface area contributed by atoms with Crippen LogP contribution in [-0.4, -0.2) is 28.0 Å². The molecule has 0 aliphatic heterocycles. The molecule has 4 N–H and O–H groups in total. The van der Waals surface area contributed by atoms with Gasteiger partial charge in [-0.3, -0.25) is 4.79 Å². The van der Waals surface area contributed by atoms with Crippen LogP contribution in [-0.2, 0) is 12.4 Å². The van der Waals surface area contributed by atoms with Gasteiger partial charge in [-0.2, -0.15) is 26.3 Å². The third kappa shape index (κ3) is 5.52. The van der Waals surface area contributed by atoms with Gasteiger partial charge in [0.2, 0.25) is 0 Å². The average Bonchev–Trinajstić information content (AvgIpc) is 3.08. The van der Waals surface area contributed by atoms with E-state index in [2.05, 4.69) is 20.6 Å². The summed E-state index contributed by atoms with van der Waals surface area (Å²) in [6, 6.07) is 0.621. The van der Waals surface area contributed by atoms with E-state index in [1.54, 1.807) is 0 Å². The summed E-state index contributed by atoms with van der Waals surface area (Å²) in [6.45, 7) is 0. The smallest absolute Gasteiger partial charge is 0.382 e. The summed E-state index contributed by atoms with van der Waals surface area (Å²) in [5.41, 5.74) is 2.18. The Bertz CT molecular complexity index is 873. The van der Waals surface area contributed by atoms with Gasteiger partial charge >= 0.3 is 12.4 Å². The summed E-state index contributed by atoms with van der Waals surface area (Å²) in [7, 11) is 0. The fourth-order valence-corrected chi connectivity index (χ4v) is 3.72. The molecule has 164 valence electrons. The van der Waals surface area contributed by atoms with Crippen LogP contribution in [0.1, 0.15) is 47.6 Å². The van der Waals surface area contributed by atoms with Crippen molar-refractivity contribution in [3.05, 3.63) is 34.6 Å². The Morgan fingerprint density at radius 1 is 0.967 bits per heavy atom. The first-order valence-electron chi connectivity index (χ1n) is 8.86. The van der Waals surface area contributed by atoms with Gasteiger partial charge in [0, 0.05) is 23.2 Å². The van der Waals surface area contributed by atoms with Crippen molar-refractivity contribution in [3.8, 4) is 0 Å². The fraction of sp³-hybridized carbons (Fsp3) is 0.471. The first-order valence-corrected chi connectivity index (χ1v) is 9.74. The highest BCUT2D eigenvalue weighted by Gasteiger charge is 2.39. The SMILES string of the molecule is Nc1nc(C(=O)N[C@H]2CC[C@@H](Nc3cc(C(F)(F)F)nc(C(F)(F)F)c3)CC2)cs1. The normalized spacial score (nSPS) is 20.1. The Hall–Kier alpha value is -2.57. The second-order valence-electron chi connectivity index (χ2n) is 6.86. The van der Waals surface area contributed by atoms with E-state index in [0.29, 0.717) is 37.8 Å². The van der Waals surface area contributed by atoms with Crippen molar-refractivity contribution in [3.63, 3.8) is 0 Å². The van der Waals surface area contributed by atoms with Gasteiger partial charge in [-0.05, 0) is 37.8 Å². The molecule has 1 fully saturated rings. The number of carbonyl (C=O) groups excluding carboxylic acids is 1. The summed E-state index contributed by atoms with van der Waals surface area (Å²) in [4.78, 5) is 18.7. The highest BCUT2D eigenvalue weighted by atomic mass is 32.1. The molecule has 0 unspecified atom stereocenters. The molecule has 30 heavy (non-hydrogen) atoms. The van der Waals surface area contributed by atoms with Crippen LogP contribution in [0.4, 0.5) is 37.2 Å². The Labute approximate surface area is 170 Å². The number of nitrogens with two attached hydrogens (primary N) is 1. The van der Waals surface area contributed by atoms with Crippen LogP contribution >= 0.6 is 11.3 Å². The minimum absolute atomic E-state index is 0.174. The average molecular weight is 453 g/mol. The molecule has 0 bridgehead atoms. The van der Waals surface area contributed by atoms with E-state index >= 15 is 0 Å². The molecule has 1 aliphatic rings. The molecule has 13 heteroatoms. The number of aromatic nitrogens is 2. The summed E-state index contributed by atoms with van der Waals surface area (Å²) >= 11 is 1.13. The lowest BCUT2D eigenvalue weighted by Crippen LogP contribution is -2.40. The van der Waals surface area contributed by atoms with Crippen molar-refractivity contribution in [2.45, 2.75) is 50.1 Å². The number of amides is 1. The van der Waals surface area contributed by atoms with Gasteiger partial charge in [-0.15, -0.1) is 11.3 Å². The number of nitrogens with zero attached hydrogens (tertiary/aromatic N) is 2. The topological polar surface area (TPSA) is 92.9 Å². The number of hydrogen-bond donors (Lipinski definition) is 3.